The first kappa shape index (κ1) is 14.1. The topological polar surface area (TPSA) is 41.1 Å². The fraction of sp³-hybridized carbons (Fsp3) is 0.909. The predicted octanol–water partition coefficient (Wildman–Crippen LogP) is 1.42. The van der Waals surface area contributed by atoms with Crippen molar-refractivity contribution in [1.29, 1.82) is 0 Å². The van der Waals surface area contributed by atoms with Gasteiger partial charge in [-0.15, -0.1) is 12.4 Å². The van der Waals surface area contributed by atoms with E-state index >= 15 is 0 Å². The van der Waals surface area contributed by atoms with Gasteiger partial charge in [0.25, 0.3) is 0 Å². The fourth-order valence-electron chi connectivity index (χ4n) is 1.75. The predicted molar refractivity (Wildman–Crippen MR) is 71.3 cm³/mol. The van der Waals surface area contributed by atoms with E-state index < -0.39 is 0 Å². The molecule has 94 valence electrons. The molecule has 2 N–H and O–H groups in total. The molecule has 1 aliphatic carbocycles. The first-order valence-corrected chi connectivity index (χ1v) is 6.91. The summed E-state index contributed by atoms with van der Waals surface area (Å²) in [5, 5.41) is 6.43. The Morgan fingerprint density at radius 3 is 2.88 bits per heavy atom. The van der Waals surface area contributed by atoms with Crippen LogP contribution in [0.2, 0.25) is 0 Å². The SMILES string of the molecule is CC1(CNC(=O)CC2CSCCN2)CC1.Cl. The van der Waals surface area contributed by atoms with Crippen molar-refractivity contribution in [2.75, 3.05) is 24.6 Å². The van der Waals surface area contributed by atoms with E-state index in [2.05, 4.69) is 17.6 Å². The Hall–Kier alpha value is 0.0700. The largest absolute Gasteiger partial charge is 0.356 e. The molecule has 0 radical (unpaired) electrons. The van der Waals surface area contributed by atoms with E-state index in [1.54, 1.807) is 0 Å². The van der Waals surface area contributed by atoms with Crippen LogP contribution in [0.25, 0.3) is 0 Å². The zero-order valence-electron chi connectivity index (χ0n) is 9.75. The highest BCUT2D eigenvalue weighted by Gasteiger charge is 2.37. The molecule has 1 saturated carbocycles. The summed E-state index contributed by atoms with van der Waals surface area (Å²) >= 11 is 1.94. The van der Waals surface area contributed by atoms with Gasteiger partial charge >= 0.3 is 0 Å². The maximum Gasteiger partial charge on any atom is 0.221 e. The van der Waals surface area contributed by atoms with Crippen LogP contribution < -0.4 is 10.6 Å². The lowest BCUT2D eigenvalue weighted by molar-refractivity contribution is -0.121. The molecule has 0 spiro atoms. The molecule has 1 amide bonds. The van der Waals surface area contributed by atoms with Crippen molar-refractivity contribution < 1.29 is 4.79 Å². The van der Waals surface area contributed by atoms with Gasteiger partial charge in [-0.3, -0.25) is 4.79 Å². The summed E-state index contributed by atoms with van der Waals surface area (Å²) in [5.41, 5.74) is 0.421. The molecule has 16 heavy (non-hydrogen) atoms. The monoisotopic (exact) mass is 264 g/mol. The number of hydrogen-bond donors (Lipinski definition) is 2. The van der Waals surface area contributed by atoms with Crippen LogP contribution in [0.4, 0.5) is 0 Å². The van der Waals surface area contributed by atoms with Crippen LogP contribution >= 0.6 is 24.2 Å². The highest BCUT2D eigenvalue weighted by atomic mass is 35.5. The maximum atomic E-state index is 11.6. The third-order valence-electron chi connectivity index (χ3n) is 3.25. The number of thioether (sulfide) groups is 1. The molecule has 2 fully saturated rings. The summed E-state index contributed by atoms with van der Waals surface area (Å²) in [6.45, 7) is 4.15. The van der Waals surface area contributed by atoms with Crippen molar-refractivity contribution in [2.24, 2.45) is 5.41 Å². The lowest BCUT2D eigenvalue weighted by atomic mass is 10.1. The fourth-order valence-corrected chi connectivity index (χ4v) is 2.70. The number of nitrogens with one attached hydrogen (secondary N) is 2. The zero-order chi connectivity index (χ0) is 10.7. The van der Waals surface area contributed by atoms with Crippen LogP contribution in [-0.2, 0) is 4.79 Å². The zero-order valence-corrected chi connectivity index (χ0v) is 11.4. The molecule has 0 aromatic heterocycles. The second-order valence-corrected chi connectivity index (χ2v) is 6.17. The third kappa shape index (κ3) is 4.52. The lowest BCUT2D eigenvalue weighted by Gasteiger charge is -2.22. The number of carbonyl (C=O) groups is 1. The van der Waals surface area contributed by atoms with E-state index in [9.17, 15) is 4.79 Å². The Morgan fingerprint density at radius 2 is 2.31 bits per heavy atom. The summed E-state index contributed by atoms with van der Waals surface area (Å²) in [4.78, 5) is 11.6. The first-order valence-electron chi connectivity index (χ1n) is 5.76. The Balaban J connectivity index is 0.00000128. The molecule has 1 heterocycles. The van der Waals surface area contributed by atoms with E-state index in [0.29, 0.717) is 17.9 Å². The van der Waals surface area contributed by atoms with Crippen LogP contribution in [0.5, 0.6) is 0 Å². The number of halogens is 1. The lowest BCUT2D eigenvalue weighted by Crippen LogP contribution is -2.42. The van der Waals surface area contributed by atoms with E-state index in [-0.39, 0.29) is 18.3 Å². The summed E-state index contributed by atoms with van der Waals surface area (Å²) in [6, 6.07) is 0.385. The number of carbonyl (C=O) groups excluding carboxylic acids is 1. The molecule has 1 atom stereocenters. The Labute approximate surface area is 108 Å². The Kier molecular flexibility index (Phi) is 5.41. The molecular weight excluding hydrogens is 244 g/mol. The number of amides is 1. The highest BCUT2D eigenvalue weighted by Crippen LogP contribution is 2.44. The molecule has 1 aliphatic heterocycles. The van der Waals surface area contributed by atoms with Crippen LogP contribution in [0.1, 0.15) is 26.2 Å². The average Bonchev–Trinajstić information content (AvgIpc) is 2.96. The number of rotatable bonds is 4. The van der Waals surface area contributed by atoms with Gasteiger partial charge in [0, 0.05) is 37.1 Å². The van der Waals surface area contributed by atoms with Crippen molar-refractivity contribution in [3.8, 4) is 0 Å². The van der Waals surface area contributed by atoms with Crippen molar-refractivity contribution in [3.63, 3.8) is 0 Å². The molecule has 0 bridgehead atoms. The number of hydrogen-bond acceptors (Lipinski definition) is 3. The van der Waals surface area contributed by atoms with Gasteiger partial charge in [-0.05, 0) is 18.3 Å². The molecule has 2 rings (SSSR count). The van der Waals surface area contributed by atoms with Gasteiger partial charge in [-0.25, -0.2) is 0 Å². The van der Waals surface area contributed by atoms with E-state index in [0.717, 1.165) is 18.8 Å². The minimum Gasteiger partial charge on any atom is -0.356 e. The quantitative estimate of drug-likeness (QED) is 0.807. The normalized spacial score (nSPS) is 26.7. The molecule has 1 saturated heterocycles. The molecule has 2 aliphatic rings. The standard InChI is InChI=1S/C11H20N2OS.ClH/c1-11(2-3-11)8-13-10(14)6-9-7-15-5-4-12-9;/h9,12H,2-8H2,1H3,(H,13,14);1H. The molecular formula is C11H21ClN2OS. The average molecular weight is 265 g/mol. The first-order chi connectivity index (χ1) is 7.18. The van der Waals surface area contributed by atoms with Crippen LogP contribution in [0, 0.1) is 5.41 Å². The molecule has 5 heteroatoms. The molecule has 0 aromatic rings. The summed E-state index contributed by atoms with van der Waals surface area (Å²) in [6.07, 6.45) is 3.18. The van der Waals surface area contributed by atoms with Gasteiger partial charge in [0.1, 0.15) is 0 Å². The smallest absolute Gasteiger partial charge is 0.221 e. The van der Waals surface area contributed by atoms with Gasteiger partial charge in [0.05, 0.1) is 0 Å². The van der Waals surface area contributed by atoms with Crippen LogP contribution in [0.3, 0.4) is 0 Å². The summed E-state index contributed by atoms with van der Waals surface area (Å²) < 4.78 is 0. The third-order valence-corrected chi connectivity index (χ3v) is 4.38. The van der Waals surface area contributed by atoms with E-state index in [1.807, 2.05) is 11.8 Å². The maximum absolute atomic E-state index is 11.6. The van der Waals surface area contributed by atoms with Crippen LogP contribution in [-0.4, -0.2) is 36.5 Å². The minimum atomic E-state index is 0. The van der Waals surface area contributed by atoms with Gasteiger partial charge in [0.2, 0.25) is 5.91 Å². The van der Waals surface area contributed by atoms with Gasteiger partial charge < -0.3 is 10.6 Å². The van der Waals surface area contributed by atoms with Gasteiger partial charge in [-0.2, -0.15) is 11.8 Å². The van der Waals surface area contributed by atoms with Crippen molar-refractivity contribution in [2.45, 2.75) is 32.2 Å². The summed E-state index contributed by atoms with van der Waals surface area (Å²) in [7, 11) is 0. The second kappa shape index (κ2) is 6.12. The summed E-state index contributed by atoms with van der Waals surface area (Å²) in [5.74, 6) is 2.46. The Morgan fingerprint density at radius 1 is 1.56 bits per heavy atom. The molecule has 3 nitrogen and oxygen atoms in total. The van der Waals surface area contributed by atoms with Crippen LogP contribution in [0.15, 0.2) is 0 Å². The van der Waals surface area contributed by atoms with Gasteiger partial charge in [0.15, 0.2) is 0 Å². The van der Waals surface area contributed by atoms with Crippen molar-refractivity contribution in [1.82, 2.24) is 10.6 Å². The minimum absolute atomic E-state index is 0. The highest BCUT2D eigenvalue weighted by molar-refractivity contribution is 7.99. The van der Waals surface area contributed by atoms with E-state index in [1.165, 1.54) is 18.6 Å². The molecule has 1 unspecified atom stereocenters. The second-order valence-electron chi connectivity index (χ2n) is 5.02. The van der Waals surface area contributed by atoms with E-state index in [4.69, 9.17) is 0 Å². The Bertz CT molecular complexity index is 240. The van der Waals surface area contributed by atoms with Gasteiger partial charge in [-0.1, -0.05) is 6.92 Å². The van der Waals surface area contributed by atoms with Crippen molar-refractivity contribution >= 4 is 30.1 Å². The molecule has 0 aromatic carbocycles. The van der Waals surface area contributed by atoms with Crippen molar-refractivity contribution in [3.05, 3.63) is 0 Å².